The van der Waals surface area contributed by atoms with Gasteiger partial charge in [0.05, 0.1) is 9.93 Å². The van der Waals surface area contributed by atoms with Crippen molar-refractivity contribution in [1.82, 2.24) is 0 Å². The Labute approximate surface area is 167 Å². The van der Waals surface area contributed by atoms with Gasteiger partial charge in [0, 0.05) is 27.5 Å². The number of halogens is 1. The fraction of sp³-hybridized carbons (Fsp3) is 0.182. The molecule has 136 valence electrons. The van der Waals surface area contributed by atoms with E-state index < -0.39 is 0 Å². The Morgan fingerprint density at radius 2 is 1.78 bits per heavy atom. The maximum Gasteiger partial charge on any atom is 0.191 e. The minimum atomic E-state index is 0.00993. The third-order valence-electron chi connectivity index (χ3n) is 4.91. The number of nitrogens with zero attached hydrogens (tertiary/aromatic N) is 1. The van der Waals surface area contributed by atoms with E-state index in [2.05, 4.69) is 0 Å². The van der Waals surface area contributed by atoms with Gasteiger partial charge in [-0.2, -0.15) is 0 Å². The van der Waals surface area contributed by atoms with Gasteiger partial charge in [0.2, 0.25) is 0 Å². The summed E-state index contributed by atoms with van der Waals surface area (Å²) in [5.41, 5.74) is 4.37. The predicted molar refractivity (Wildman–Crippen MR) is 111 cm³/mol. The summed E-state index contributed by atoms with van der Waals surface area (Å²) in [6.45, 7) is 3.49. The Hall–Kier alpha value is -2.30. The van der Waals surface area contributed by atoms with Crippen molar-refractivity contribution in [3.05, 3.63) is 85.9 Å². The Kier molecular flexibility index (Phi) is 4.70. The van der Waals surface area contributed by atoms with E-state index in [0.717, 1.165) is 39.5 Å². The Bertz CT molecular complexity index is 1020. The summed E-state index contributed by atoms with van der Waals surface area (Å²) in [7, 11) is 0. The molecule has 1 aliphatic heterocycles. The van der Waals surface area contributed by atoms with Crippen LogP contribution in [-0.2, 0) is 11.2 Å². The molecule has 5 heteroatoms. The lowest BCUT2D eigenvalue weighted by atomic mass is 9.87. The SMILES string of the molecule is CC(=O)C1=C(C)N(c2ccc(Cl)cc2)C(=C2CCc3ccccc3C2=O)S1. The maximum atomic E-state index is 13.2. The second kappa shape index (κ2) is 7.02. The van der Waals surface area contributed by atoms with Crippen LogP contribution in [0.5, 0.6) is 0 Å². The van der Waals surface area contributed by atoms with Gasteiger partial charge in [-0.1, -0.05) is 47.6 Å². The third-order valence-corrected chi connectivity index (χ3v) is 6.57. The molecule has 0 saturated carbocycles. The lowest BCUT2D eigenvalue weighted by molar-refractivity contribution is -0.113. The Morgan fingerprint density at radius 1 is 1.07 bits per heavy atom. The van der Waals surface area contributed by atoms with E-state index in [4.69, 9.17) is 11.6 Å². The average molecular weight is 396 g/mol. The third kappa shape index (κ3) is 3.13. The van der Waals surface area contributed by atoms with Gasteiger partial charge in [0.25, 0.3) is 0 Å². The number of ketones is 2. The molecule has 0 N–H and O–H groups in total. The molecule has 2 aromatic rings. The van der Waals surface area contributed by atoms with Crippen molar-refractivity contribution in [3.63, 3.8) is 0 Å². The van der Waals surface area contributed by atoms with E-state index in [0.29, 0.717) is 16.3 Å². The standard InChI is InChI=1S/C22H18ClNO2S/c1-13-21(14(2)25)27-22(24(13)17-10-8-16(23)9-11-17)19-12-7-15-5-3-4-6-18(15)20(19)26/h3-6,8-11H,7,12H2,1-2H3. The molecule has 1 heterocycles. The lowest BCUT2D eigenvalue weighted by Gasteiger charge is -2.26. The van der Waals surface area contributed by atoms with E-state index in [-0.39, 0.29) is 11.6 Å². The fourth-order valence-corrected chi connectivity index (χ4v) is 4.95. The van der Waals surface area contributed by atoms with E-state index in [1.54, 1.807) is 6.92 Å². The molecule has 0 amide bonds. The number of hydrogen-bond donors (Lipinski definition) is 0. The highest BCUT2D eigenvalue weighted by Crippen LogP contribution is 2.47. The molecule has 2 aromatic carbocycles. The second-order valence-corrected chi connectivity index (χ2v) is 8.09. The number of rotatable bonds is 2. The molecule has 0 spiro atoms. The number of benzene rings is 2. The van der Waals surface area contributed by atoms with Crippen molar-refractivity contribution >= 4 is 40.6 Å². The minimum absolute atomic E-state index is 0.00993. The number of Topliss-reactive ketones (excluding diaryl/α,β-unsaturated/α-hetero) is 2. The largest absolute Gasteiger partial charge is 0.307 e. The van der Waals surface area contributed by atoms with Crippen LogP contribution in [0.1, 0.15) is 36.2 Å². The van der Waals surface area contributed by atoms with Gasteiger partial charge in [-0.15, -0.1) is 0 Å². The van der Waals surface area contributed by atoms with Crippen molar-refractivity contribution in [2.75, 3.05) is 4.90 Å². The number of thioether (sulfide) groups is 1. The molecule has 0 saturated heterocycles. The molecule has 1 aliphatic carbocycles. The Morgan fingerprint density at radius 3 is 2.48 bits per heavy atom. The molecule has 27 heavy (non-hydrogen) atoms. The van der Waals surface area contributed by atoms with Gasteiger partial charge < -0.3 is 4.90 Å². The fourth-order valence-electron chi connectivity index (χ4n) is 3.59. The molecular weight excluding hydrogens is 378 g/mol. The van der Waals surface area contributed by atoms with Gasteiger partial charge in [-0.3, -0.25) is 9.59 Å². The molecule has 0 fully saturated rings. The van der Waals surface area contributed by atoms with Crippen LogP contribution in [0.2, 0.25) is 5.02 Å². The minimum Gasteiger partial charge on any atom is -0.307 e. The highest BCUT2D eigenvalue weighted by atomic mass is 35.5. The number of hydrogen-bond acceptors (Lipinski definition) is 4. The first-order chi connectivity index (χ1) is 13.0. The molecule has 0 aromatic heterocycles. The van der Waals surface area contributed by atoms with Crippen LogP contribution in [0.3, 0.4) is 0 Å². The van der Waals surface area contributed by atoms with E-state index in [1.165, 1.54) is 11.8 Å². The monoisotopic (exact) mass is 395 g/mol. The zero-order chi connectivity index (χ0) is 19.1. The number of carbonyl (C=O) groups is 2. The molecule has 4 rings (SSSR count). The maximum absolute atomic E-state index is 13.2. The summed E-state index contributed by atoms with van der Waals surface area (Å²) in [6.07, 6.45) is 1.49. The van der Waals surface area contributed by atoms with Crippen LogP contribution in [-0.4, -0.2) is 11.6 Å². The van der Waals surface area contributed by atoms with Gasteiger partial charge in [-0.05, 0) is 56.5 Å². The second-order valence-electron chi connectivity index (χ2n) is 6.65. The van der Waals surface area contributed by atoms with Crippen LogP contribution < -0.4 is 4.90 Å². The first-order valence-electron chi connectivity index (χ1n) is 8.78. The van der Waals surface area contributed by atoms with Crippen molar-refractivity contribution in [3.8, 4) is 0 Å². The van der Waals surface area contributed by atoms with Crippen LogP contribution in [0.25, 0.3) is 0 Å². The topological polar surface area (TPSA) is 37.4 Å². The smallest absolute Gasteiger partial charge is 0.191 e. The van der Waals surface area contributed by atoms with Gasteiger partial charge in [0.1, 0.15) is 0 Å². The average Bonchev–Trinajstić information content (AvgIpc) is 3.00. The lowest BCUT2D eigenvalue weighted by Crippen LogP contribution is -2.22. The summed E-state index contributed by atoms with van der Waals surface area (Å²) in [5, 5.41) is 1.48. The van der Waals surface area contributed by atoms with Crippen LogP contribution in [0.15, 0.2) is 69.7 Å². The van der Waals surface area contributed by atoms with E-state index in [9.17, 15) is 9.59 Å². The molecule has 0 bridgehead atoms. The van der Waals surface area contributed by atoms with Crippen molar-refractivity contribution in [2.45, 2.75) is 26.7 Å². The highest BCUT2D eigenvalue weighted by Gasteiger charge is 2.35. The van der Waals surface area contributed by atoms with E-state index >= 15 is 0 Å². The summed E-state index contributed by atoms with van der Waals surface area (Å²) < 4.78 is 0. The number of carbonyl (C=O) groups excluding carboxylic acids is 2. The predicted octanol–water partition coefficient (Wildman–Crippen LogP) is 5.75. The number of fused-ring (bicyclic) bond motifs is 1. The zero-order valence-corrected chi connectivity index (χ0v) is 16.7. The number of anilines is 1. The van der Waals surface area contributed by atoms with Crippen molar-refractivity contribution in [1.29, 1.82) is 0 Å². The van der Waals surface area contributed by atoms with E-state index in [1.807, 2.05) is 60.4 Å². The number of aryl methyl sites for hydroxylation is 1. The molecule has 0 radical (unpaired) electrons. The highest BCUT2D eigenvalue weighted by molar-refractivity contribution is 8.08. The quantitative estimate of drug-likeness (QED) is 0.606. The first kappa shape index (κ1) is 18.1. The summed E-state index contributed by atoms with van der Waals surface area (Å²) in [5.74, 6) is 0.0617. The summed E-state index contributed by atoms with van der Waals surface area (Å²) in [6, 6.07) is 15.2. The van der Waals surface area contributed by atoms with Gasteiger partial charge in [0.15, 0.2) is 11.6 Å². The first-order valence-corrected chi connectivity index (χ1v) is 9.98. The Balaban J connectivity index is 1.86. The molecule has 0 atom stereocenters. The van der Waals surface area contributed by atoms with Crippen LogP contribution >= 0.6 is 23.4 Å². The molecule has 0 unspecified atom stereocenters. The van der Waals surface area contributed by atoms with Crippen molar-refractivity contribution in [2.24, 2.45) is 0 Å². The van der Waals surface area contributed by atoms with Gasteiger partial charge in [-0.25, -0.2) is 0 Å². The molecule has 2 aliphatic rings. The molecule has 3 nitrogen and oxygen atoms in total. The zero-order valence-electron chi connectivity index (χ0n) is 15.1. The van der Waals surface area contributed by atoms with Gasteiger partial charge >= 0.3 is 0 Å². The van der Waals surface area contributed by atoms with Crippen molar-refractivity contribution < 1.29 is 9.59 Å². The summed E-state index contributed by atoms with van der Waals surface area (Å²) >= 11 is 7.44. The molecular formula is C22H18ClNO2S. The number of allylic oxidation sites excluding steroid dienone is 3. The normalized spacial score (nSPS) is 19.5. The van der Waals surface area contributed by atoms with Crippen LogP contribution in [0.4, 0.5) is 5.69 Å². The van der Waals surface area contributed by atoms with Crippen LogP contribution in [0, 0.1) is 0 Å². The summed E-state index contributed by atoms with van der Waals surface area (Å²) in [4.78, 5) is 28.0.